The summed E-state index contributed by atoms with van der Waals surface area (Å²) < 4.78 is 15.6. The Labute approximate surface area is 150 Å². The number of ether oxygens (including phenoxy) is 3. The molecule has 6 heteroatoms. The first-order valence-corrected chi connectivity index (χ1v) is 8.30. The van der Waals surface area contributed by atoms with E-state index in [0.29, 0.717) is 33.7 Å². The van der Waals surface area contributed by atoms with Gasteiger partial charge < -0.3 is 14.2 Å². The molecule has 0 fully saturated rings. The molecule has 0 heterocycles. The van der Waals surface area contributed by atoms with Crippen LogP contribution in [0.1, 0.15) is 24.0 Å². The van der Waals surface area contributed by atoms with E-state index < -0.39 is 12.1 Å². The van der Waals surface area contributed by atoms with E-state index in [4.69, 9.17) is 21.1 Å². The van der Waals surface area contributed by atoms with E-state index >= 15 is 0 Å². The van der Waals surface area contributed by atoms with E-state index in [1.54, 1.807) is 18.2 Å². The summed E-state index contributed by atoms with van der Waals surface area (Å²) in [5.41, 5.74) is 1.72. The fraction of sp³-hybridized carbons (Fsp3) is 0.263. The van der Waals surface area contributed by atoms with Gasteiger partial charge in [0.15, 0.2) is 0 Å². The second kappa shape index (κ2) is 7.15. The summed E-state index contributed by atoms with van der Waals surface area (Å²) in [6, 6.07) is 5.14. The van der Waals surface area contributed by atoms with Gasteiger partial charge in [0.1, 0.15) is 11.5 Å². The number of fused-ring (bicyclic) bond motifs is 2. The third-order valence-corrected chi connectivity index (χ3v) is 4.44. The number of methoxy groups -OCH3 is 1. The molecule has 0 aliphatic heterocycles. The van der Waals surface area contributed by atoms with Crippen molar-refractivity contribution < 1.29 is 23.8 Å². The van der Waals surface area contributed by atoms with Gasteiger partial charge in [-0.2, -0.15) is 0 Å². The zero-order valence-electron chi connectivity index (χ0n) is 13.8. The quantitative estimate of drug-likeness (QED) is 0.346. The first-order valence-electron chi connectivity index (χ1n) is 7.92. The normalized spacial score (nSPS) is 13.0. The first kappa shape index (κ1) is 17.3. The van der Waals surface area contributed by atoms with Gasteiger partial charge in [0.05, 0.1) is 7.11 Å². The highest BCUT2D eigenvalue weighted by molar-refractivity contribution is 6.31. The van der Waals surface area contributed by atoms with Crippen molar-refractivity contribution in [3.05, 3.63) is 47.0 Å². The summed E-state index contributed by atoms with van der Waals surface area (Å²) in [5.74, 6) is 0.353. The van der Waals surface area contributed by atoms with Gasteiger partial charge in [-0.05, 0) is 43.9 Å². The molecule has 0 radical (unpaired) electrons. The minimum absolute atomic E-state index is 0.414. The lowest BCUT2D eigenvalue weighted by Crippen LogP contribution is -2.15. The largest absolute Gasteiger partial charge is 0.513 e. The van der Waals surface area contributed by atoms with Gasteiger partial charge in [0.25, 0.3) is 0 Å². The Kier molecular flexibility index (Phi) is 4.95. The van der Waals surface area contributed by atoms with E-state index in [2.05, 4.69) is 11.3 Å². The summed E-state index contributed by atoms with van der Waals surface area (Å²) in [6.07, 6.45) is 3.67. The van der Waals surface area contributed by atoms with Crippen LogP contribution in [0.5, 0.6) is 11.5 Å². The predicted molar refractivity (Wildman–Crippen MR) is 94.5 cm³/mol. The van der Waals surface area contributed by atoms with E-state index in [1.165, 1.54) is 7.11 Å². The molecule has 0 atom stereocenters. The number of esters is 1. The predicted octanol–water partition coefficient (Wildman–Crippen LogP) is 4.61. The third-order valence-electron chi connectivity index (χ3n) is 4.21. The highest BCUT2D eigenvalue weighted by Crippen LogP contribution is 2.45. The van der Waals surface area contributed by atoms with Crippen molar-refractivity contribution in [1.29, 1.82) is 0 Å². The Hall–Kier alpha value is -2.53. The van der Waals surface area contributed by atoms with Gasteiger partial charge in [-0.25, -0.2) is 9.59 Å². The molecule has 3 rings (SSSR count). The molecule has 0 amide bonds. The van der Waals surface area contributed by atoms with Gasteiger partial charge in [-0.1, -0.05) is 18.2 Å². The second-order valence-corrected chi connectivity index (χ2v) is 6.13. The fourth-order valence-electron chi connectivity index (χ4n) is 3.13. The van der Waals surface area contributed by atoms with E-state index in [9.17, 15) is 9.59 Å². The summed E-state index contributed by atoms with van der Waals surface area (Å²) >= 11 is 6.13. The first-order chi connectivity index (χ1) is 12.0. The lowest BCUT2D eigenvalue weighted by Gasteiger charge is -2.24. The average molecular weight is 361 g/mol. The maximum Gasteiger partial charge on any atom is 0.513 e. The molecular formula is C19H17ClO5. The van der Waals surface area contributed by atoms with Crippen molar-refractivity contribution >= 4 is 34.5 Å². The molecule has 0 saturated heterocycles. The number of halogens is 1. The summed E-state index contributed by atoms with van der Waals surface area (Å²) in [4.78, 5) is 23.5. The molecular weight excluding hydrogens is 344 g/mol. The Balaban J connectivity index is 2.32. The molecule has 0 spiro atoms. The maximum absolute atomic E-state index is 11.8. The molecule has 0 saturated carbocycles. The number of hydrogen-bond acceptors (Lipinski definition) is 5. The maximum atomic E-state index is 11.8. The lowest BCUT2D eigenvalue weighted by molar-refractivity contribution is -0.128. The van der Waals surface area contributed by atoms with Gasteiger partial charge in [0, 0.05) is 33.0 Å². The Morgan fingerprint density at radius 3 is 2.32 bits per heavy atom. The number of carbonyl (C=O) groups excluding carboxylic acids is 2. The monoisotopic (exact) mass is 360 g/mol. The number of hydrogen-bond donors (Lipinski definition) is 0. The zero-order chi connectivity index (χ0) is 18.0. The molecule has 1 aliphatic carbocycles. The number of rotatable bonds is 3. The molecule has 2 aromatic rings. The van der Waals surface area contributed by atoms with Crippen molar-refractivity contribution in [3.8, 4) is 11.5 Å². The van der Waals surface area contributed by atoms with Crippen LogP contribution in [0.2, 0.25) is 5.02 Å². The molecule has 0 bridgehead atoms. The van der Waals surface area contributed by atoms with E-state index in [-0.39, 0.29) is 0 Å². The van der Waals surface area contributed by atoms with Gasteiger partial charge in [0.2, 0.25) is 0 Å². The van der Waals surface area contributed by atoms with Crippen molar-refractivity contribution in [2.45, 2.75) is 25.7 Å². The van der Waals surface area contributed by atoms with Crippen LogP contribution in [-0.4, -0.2) is 19.2 Å². The van der Waals surface area contributed by atoms with Gasteiger partial charge >= 0.3 is 12.1 Å². The molecule has 2 aromatic carbocycles. The highest BCUT2D eigenvalue weighted by Gasteiger charge is 2.26. The van der Waals surface area contributed by atoms with Crippen LogP contribution >= 0.6 is 11.6 Å². The number of benzene rings is 2. The van der Waals surface area contributed by atoms with Crippen molar-refractivity contribution in [1.82, 2.24) is 0 Å². The second-order valence-electron chi connectivity index (χ2n) is 5.69. The zero-order valence-corrected chi connectivity index (χ0v) is 14.5. The topological polar surface area (TPSA) is 61.8 Å². The van der Waals surface area contributed by atoms with Gasteiger partial charge in [-0.3, -0.25) is 0 Å². The van der Waals surface area contributed by atoms with Crippen LogP contribution in [0.3, 0.4) is 0 Å². The van der Waals surface area contributed by atoms with Crippen molar-refractivity contribution in [2.24, 2.45) is 0 Å². The smallest absolute Gasteiger partial charge is 0.437 e. The lowest BCUT2D eigenvalue weighted by atomic mass is 9.87. The molecule has 0 aromatic heterocycles. The Morgan fingerprint density at radius 2 is 1.72 bits per heavy atom. The SMILES string of the molecule is C=CC(=O)Oc1c2c(c(OC(=O)OC)c3cc(Cl)ccc13)CCCC2. The minimum Gasteiger partial charge on any atom is -0.437 e. The molecule has 0 unspecified atom stereocenters. The van der Waals surface area contributed by atoms with Crippen LogP contribution in [0.25, 0.3) is 10.8 Å². The molecule has 25 heavy (non-hydrogen) atoms. The third kappa shape index (κ3) is 3.33. The Bertz CT molecular complexity index is 872. The van der Waals surface area contributed by atoms with Crippen molar-refractivity contribution in [2.75, 3.05) is 7.11 Å². The summed E-state index contributed by atoms with van der Waals surface area (Å²) in [7, 11) is 1.25. The minimum atomic E-state index is -0.801. The molecule has 0 N–H and O–H groups in total. The fourth-order valence-corrected chi connectivity index (χ4v) is 3.31. The highest BCUT2D eigenvalue weighted by atomic mass is 35.5. The standard InChI is InChI=1S/C19H17ClO5/c1-3-16(21)24-17-12-6-4-5-7-13(12)18(25-19(22)23-2)15-10-11(20)8-9-14(15)17/h3,8-10H,1,4-7H2,2H3. The summed E-state index contributed by atoms with van der Waals surface area (Å²) in [6.45, 7) is 3.45. The van der Waals surface area contributed by atoms with E-state index in [0.717, 1.165) is 36.5 Å². The number of carbonyl (C=O) groups is 2. The molecule has 130 valence electrons. The van der Waals surface area contributed by atoms with E-state index in [1.807, 2.05) is 0 Å². The van der Waals surface area contributed by atoms with Crippen LogP contribution < -0.4 is 9.47 Å². The summed E-state index contributed by atoms with van der Waals surface area (Å²) in [5, 5.41) is 1.74. The van der Waals surface area contributed by atoms with Gasteiger partial charge in [-0.15, -0.1) is 0 Å². The van der Waals surface area contributed by atoms with Crippen molar-refractivity contribution in [3.63, 3.8) is 0 Å². The molecule has 5 nitrogen and oxygen atoms in total. The van der Waals surface area contributed by atoms with Crippen LogP contribution in [0.15, 0.2) is 30.9 Å². The van der Waals surface area contributed by atoms with Crippen LogP contribution in [-0.2, 0) is 22.4 Å². The Morgan fingerprint density at radius 1 is 1.08 bits per heavy atom. The average Bonchev–Trinajstić information content (AvgIpc) is 2.63. The molecule has 1 aliphatic rings. The van der Waals surface area contributed by atoms with Crippen LogP contribution in [0, 0.1) is 0 Å². The van der Waals surface area contributed by atoms with Crippen LogP contribution in [0.4, 0.5) is 4.79 Å².